The van der Waals surface area contributed by atoms with E-state index in [4.69, 9.17) is 4.42 Å². The molecular formula is C66H43NO. The maximum Gasteiger partial charge on any atom is 0.136 e. The molecule has 0 unspecified atom stereocenters. The van der Waals surface area contributed by atoms with E-state index in [-0.39, 0.29) is 0 Å². The van der Waals surface area contributed by atoms with Gasteiger partial charge in [0, 0.05) is 27.7 Å². The molecule has 0 aliphatic heterocycles. The first-order chi connectivity index (χ1) is 33.7. The van der Waals surface area contributed by atoms with Crippen molar-refractivity contribution < 1.29 is 4.42 Å². The largest absolute Gasteiger partial charge is 0.456 e. The summed E-state index contributed by atoms with van der Waals surface area (Å²) in [5.74, 6) is 0. The monoisotopic (exact) mass is 865 g/mol. The number of hydrogen-bond acceptors (Lipinski definition) is 2. The van der Waals surface area contributed by atoms with Crippen LogP contribution in [0, 0.1) is 0 Å². The zero-order valence-electron chi connectivity index (χ0n) is 37.2. The van der Waals surface area contributed by atoms with Gasteiger partial charge in [-0.15, -0.1) is 0 Å². The highest BCUT2D eigenvalue weighted by Gasteiger charge is 2.20. The lowest BCUT2D eigenvalue weighted by atomic mass is 9.91. The first-order valence-corrected chi connectivity index (χ1v) is 23.3. The zero-order valence-corrected chi connectivity index (χ0v) is 37.2. The molecule has 1 aromatic heterocycles. The number of anilines is 3. The van der Waals surface area contributed by atoms with Gasteiger partial charge in [-0.25, -0.2) is 0 Å². The fourth-order valence-electron chi connectivity index (χ4n) is 10.3. The van der Waals surface area contributed by atoms with Gasteiger partial charge in [0.2, 0.25) is 0 Å². The van der Waals surface area contributed by atoms with Crippen molar-refractivity contribution in [2.45, 2.75) is 0 Å². The Morgan fingerprint density at radius 1 is 0.235 bits per heavy atom. The van der Waals surface area contributed by atoms with Crippen molar-refractivity contribution in [2.75, 3.05) is 4.90 Å². The van der Waals surface area contributed by atoms with Crippen molar-refractivity contribution in [3.63, 3.8) is 0 Å². The lowest BCUT2D eigenvalue weighted by molar-refractivity contribution is 0.669. The molecule has 13 aromatic rings. The van der Waals surface area contributed by atoms with Gasteiger partial charge in [-0.2, -0.15) is 0 Å². The Morgan fingerprint density at radius 3 is 1.50 bits per heavy atom. The van der Waals surface area contributed by atoms with Crippen LogP contribution in [0.3, 0.4) is 0 Å². The van der Waals surface area contributed by atoms with E-state index < -0.39 is 0 Å². The second-order valence-electron chi connectivity index (χ2n) is 17.6. The minimum absolute atomic E-state index is 0.882. The molecule has 0 aliphatic rings. The average Bonchev–Trinajstić information content (AvgIpc) is 3.77. The summed E-state index contributed by atoms with van der Waals surface area (Å²) in [5.41, 5.74) is 16.8. The minimum Gasteiger partial charge on any atom is -0.456 e. The summed E-state index contributed by atoms with van der Waals surface area (Å²) in [6.07, 6.45) is 0. The number of benzene rings is 12. The Bertz CT molecular complexity index is 4000. The third-order valence-corrected chi connectivity index (χ3v) is 13.6. The Kier molecular flexibility index (Phi) is 9.54. The van der Waals surface area contributed by atoms with Crippen molar-refractivity contribution >= 4 is 71.3 Å². The third kappa shape index (κ3) is 6.90. The van der Waals surface area contributed by atoms with Gasteiger partial charge in [0.15, 0.2) is 0 Å². The number of fused-ring (bicyclic) bond motifs is 7. The van der Waals surface area contributed by atoms with Crippen molar-refractivity contribution in [3.8, 4) is 55.6 Å². The Labute approximate surface area is 395 Å². The van der Waals surface area contributed by atoms with E-state index in [2.05, 4.69) is 266 Å². The first-order valence-electron chi connectivity index (χ1n) is 23.3. The SMILES string of the molecule is c1ccc(-c2ccc(-c3ccc(N(c4ccc(-c5cc6ccccc6c6ccccc56)cc4)c4ccccc4-c4ccc5oc6cc7ccccc7cc6c5c4)cc3)cc2-c2ccccc2)cc1. The van der Waals surface area contributed by atoms with E-state index in [1.54, 1.807) is 0 Å². The lowest BCUT2D eigenvalue weighted by Gasteiger charge is -2.28. The van der Waals surface area contributed by atoms with Crippen LogP contribution in [-0.2, 0) is 0 Å². The molecule has 68 heavy (non-hydrogen) atoms. The smallest absolute Gasteiger partial charge is 0.136 e. The van der Waals surface area contributed by atoms with Crippen LogP contribution in [0.4, 0.5) is 17.1 Å². The highest BCUT2D eigenvalue weighted by Crippen LogP contribution is 2.45. The fourth-order valence-corrected chi connectivity index (χ4v) is 10.3. The molecule has 0 spiro atoms. The first kappa shape index (κ1) is 39.4. The van der Waals surface area contributed by atoms with Gasteiger partial charge in [0.1, 0.15) is 11.2 Å². The van der Waals surface area contributed by atoms with E-state index in [1.165, 1.54) is 71.3 Å². The summed E-state index contributed by atoms with van der Waals surface area (Å²) in [4.78, 5) is 2.40. The number of hydrogen-bond donors (Lipinski definition) is 0. The number of nitrogens with zero attached hydrogens (tertiary/aromatic N) is 1. The van der Waals surface area contributed by atoms with Crippen LogP contribution >= 0.6 is 0 Å². The van der Waals surface area contributed by atoms with E-state index in [1.807, 2.05) is 0 Å². The molecule has 0 fully saturated rings. The van der Waals surface area contributed by atoms with Crippen LogP contribution in [0.5, 0.6) is 0 Å². The number of furan rings is 1. The number of rotatable bonds is 8. The zero-order chi connectivity index (χ0) is 45.0. The van der Waals surface area contributed by atoms with Crippen molar-refractivity contribution in [2.24, 2.45) is 0 Å². The predicted molar refractivity (Wildman–Crippen MR) is 288 cm³/mol. The van der Waals surface area contributed by atoms with Crippen molar-refractivity contribution in [1.82, 2.24) is 0 Å². The molecule has 2 nitrogen and oxygen atoms in total. The van der Waals surface area contributed by atoms with Gasteiger partial charge in [-0.1, -0.05) is 194 Å². The van der Waals surface area contributed by atoms with Crippen LogP contribution in [-0.4, -0.2) is 0 Å². The molecule has 0 radical (unpaired) electrons. The molecule has 0 bridgehead atoms. The standard InChI is InChI=1S/C66H43NO/c1-3-15-45(16-4-1)56-37-31-50(39-60(56)46-17-5-2-6-18-46)44-27-33-53(34-28-44)67(54-35-29-47(30-36-54)61-41-51-21-9-10-22-55(51)58-24-11-12-25-59(58)61)64-26-14-13-23-57(64)52-32-38-65-62(42-52)63-40-48-19-7-8-20-49(48)43-66(63)68-65/h1-43H. The third-order valence-electron chi connectivity index (χ3n) is 13.6. The molecule has 0 saturated carbocycles. The van der Waals surface area contributed by atoms with Gasteiger partial charge in [-0.05, 0) is 149 Å². The molecule has 0 aliphatic carbocycles. The van der Waals surface area contributed by atoms with E-state index in [0.29, 0.717) is 0 Å². The summed E-state index contributed by atoms with van der Waals surface area (Å²) >= 11 is 0. The Hall–Kier alpha value is -8.98. The lowest BCUT2D eigenvalue weighted by Crippen LogP contribution is -2.11. The van der Waals surface area contributed by atoms with Crippen LogP contribution < -0.4 is 4.90 Å². The average molecular weight is 866 g/mol. The quantitative estimate of drug-likeness (QED) is 0.142. The summed E-state index contributed by atoms with van der Waals surface area (Å²) in [7, 11) is 0. The van der Waals surface area contributed by atoms with Crippen molar-refractivity contribution in [1.29, 1.82) is 0 Å². The summed E-state index contributed by atoms with van der Waals surface area (Å²) in [5, 5.41) is 9.62. The highest BCUT2D eigenvalue weighted by atomic mass is 16.3. The normalized spacial score (nSPS) is 11.5. The Balaban J connectivity index is 0.947. The van der Waals surface area contributed by atoms with Gasteiger partial charge in [0.25, 0.3) is 0 Å². The molecular weight excluding hydrogens is 823 g/mol. The molecule has 0 amide bonds. The van der Waals surface area contributed by atoms with Gasteiger partial charge >= 0.3 is 0 Å². The number of para-hydroxylation sites is 1. The maximum absolute atomic E-state index is 6.46. The molecule has 0 atom stereocenters. The summed E-state index contributed by atoms with van der Waals surface area (Å²) < 4.78 is 6.46. The molecule has 318 valence electrons. The summed E-state index contributed by atoms with van der Waals surface area (Å²) in [6, 6.07) is 94.5. The van der Waals surface area contributed by atoms with Crippen LogP contribution in [0.1, 0.15) is 0 Å². The van der Waals surface area contributed by atoms with Gasteiger partial charge in [-0.3, -0.25) is 0 Å². The van der Waals surface area contributed by atoms with E-state index in [9.17, 15) is 0 Å². The molecule has 1 heterocycles. The molecule has 0 N–H and O–H groups in total. The summed E-state index contributed by atoms with van der Waals surface area (Å²) in [6.45, 7) is 0. The second kappa shape index (κ2) is 16.5. The highest BCUT2D eigenvalue weighted by molar-refractivity contribution is 6.14. The van der Waals surface area contributed by atoms with Crippen LogP contribution in [0.15, 0.2) is 265 Å². The molecule has 13 rings (SSSR count). The van der Waals surface area contributed by atoms with Gasteiger partial charge in [0.05, 0.1) is 5.69 Å². The van der Waals surface area contributed by atoms with Crippen LogP contribution in [0.25, 0.3) is 110 Å². The van der Waals surface area contributed by atoms with E-state index in [0.717, 1.165) is 55.7 Å². The van der Waals surface area contributed by atoms with Crippen LogP contribution in [0.2, 0.25) is 0 Å². The van der Waals surface area contributed by atoms with Gasteiger partial charge < -0.3 is 9.32 Å². The molecule has 0 saturated heterocycles. The predicted octanol–water partition coefficient (Wildman–Crippen LogP) is 18.9. The Morgan fingerprint density at radius 2 is 0.765 bits per heavy atom. The fraction of sp³-hybridized carbons (Fsp3) is 0. The molecule has 12 aromatic carbocycles. The maximum atomic E-state index is 6.46. The topological polar surface area (TPSA) is 16.4 Å². The van der Waals surface area contributed by atoms with Crippen molar-refractivity contribution in [3.05, 3.63) is 261 Å². The second-order valence-corrected chi connectivity index (χ2v) is 17.6. The minimum atomic E-state index is 0.882. The van der Waals surface area contributed by atoms with E-state index >= 15 is 0 Å². The molecule has 2 heteroatoms.